The molecule has 29 heavy (non-hydrogen) atoms. The molecule has 1 saturated heterocycles. The average molecular weight is 611 g/mol. The molecule has 4 unspecified atom stereocenters. The zero-order chi connectivity index (χ0) is 20.7. The molecule has 0 bridgehead atoms. The van der Waals surface area contributed by atoms with Gasteiger partial charge in [-0.05, 0) is 13.8 Å². The van der Waals surface area contributed by atoms with Crippen molar-refractivity contribution in [2.75, 3.05) is 13.2 Å². The van der Waals surface area contributed by atoms with E-state index in [1.807, 2.05) is 19.9 Å². The summed E-state index contributed by atoms with van der Waals surface area (Å²) in [5, 5.41) is 22.9. The Morgan fingerprint density at radius 2 is 2.34 bits per heavy atom. The van der Waals surface area contributed by atoms with E-state index in [-0.39, 0.29) is 57.9 Å². The largest absolute Gasteiger partial charge is 0.349 e. The van der Waals surface area contributed by atoms with E-state index in [0.29, 0.717) is 0 Å². The summed E-state index contributed by atoms with van der Waals surface area (Å²) in [4.78, 5) is 17.4. The number of halogens is 1. The smallest absolute Gasteiger partial charge is 0.328 e. The van der Waals surface area contributed by atoms with Crippen LogP contribution in [0.1, 0.15) is 26.7 Å². The molecule has 10 nitrogen and oxygen atoms in total. The summed E-state index contributed by atoms with van der Waals surface area (Å²) in [6, 6.07) is 1.45. The van der Waals surface area contributed by atoms with Crippen molar-refractivity contribution in [3.63, 3.8) is 0 Å². The van der Waals surface area contributed by atoms with Gasteiger partial charge in [0, 0.05) is 38.8 Å². The van der Waals surface area contributed by atoms with E-state index < -0.39 is 38.8 Å². The molecule has 2 heterocycles. The molecule has 2 aliphatic heterocycles. The van der Waals surface area contributed by atoms with Crippen molar-refractivity contribution >= 4 is 14.6 Å². The van der Waals surface area contributed by atoms with E-state index in [2.05, 4.69) is 21.9 Å². The molecule has 0 aliphatic carbocycles. The Bertz CT molecular complexity index is 649. The summed E-state index contributed by atoms with van der Waals surface area (Å²) in [7, 11) is -1.56. The third kappa shape index (κ3) is 7.64. The second-order valence-corrected chi connectivity index (χ2v) is 7.62. The number of allylic oxidation sites excluding steroid dienone is 1. The summed E-state index contributed by atoms with van der Waals surface area (Å²) >= 11 is 0. The Kier molecular flexibility index (Phi) is 11.4. The SMILES string of the molecule is C=C1NC(=O)N(C2CC(OP(NC(C)C)OCCC#N)C(COO)O2)C=C1F.[Ir]. The van der Waals surface area contributed by atoms with Gasteiger partial charge >= 0.3 is 6.03 Å². The number of urea groups is 1. The van der Waals surface area contributed by atoms with Gasteiger partial charge in [0.25, 0.3) is 8.53 Å². The van der Waals surface area contributed by atoms with Gasteiger partial charge in [-0.1, -0.05) is 6.58 Å². The van der Waals surface area contributed by atoms with E-state index in [0.717, 1.165) is 11.1 Å². The maximum atomic E-state index is 13.8. The van der Waals surface area contributed by atoms with E-state index in [4.69, 9.17) is 24.3 Å². The number of carbonyl (C=O) groups is 1. The van der Waals surface area contributed by atoms with Crippen LogP contribution in [0.4, 0.5) is 9.18 Å². The third-order valence-electron chi connectivity index (χ3n) is 3.78. The number of nitrogens with one attached hydrogen (secondary N) is 2. The van der Waals surface area contributed by atoms with Crippen LogP contribution in [-0.4, -0.2) is 53.9 Å². The maximum absolute atomic E-state index is 13.8. The number of hydrogen-bond donors (Lipinski definition) is 3. The number of amides is 2. The molecule has 0 spiro atoms. The molecule has 4 atom stereocenters. The Balaban J connectivity index is 0.00000420. The summed E-state index contributed by atoms with van der Waals surface area (Å²) in [6.45, 7) is 7.20. The molecule has 2 amide bonds. The van der Waals surface area contributed by atoms with Crippen LogP contribution < -0.4 is 10.4 Å². The normalized spacial score (nSPS) is 25.3. The first-order valence-electron chi connectivity index (χ1n) is 8.66. The summed E-state index contributed by atoms with van der Waals surface area (Å²) in [5.74, 6) is -0.689. The van der Waals surface area contributed by atoms with Crippen molar-refractivity contribution in [3.05, 3.63) is 24.3 Å². The fourth-order valence-corrected chi connectivity index (χ4v) is 3.88. The van der Waals surface area contributed by atoms with Crippen LogP contribution in [0.2, 0.25) is 0 Å². The zero-order valence-electron chi connectivity index (χ0n) is 16.0. The quantitative estimate of drug-likeness (QED) is 0.149. The zero-order valence-corrected chi connectivity index (χ0v) is 19.3. The molecule has 2 aliphatic rings. The first-order chi connectivity index (χ1) is 13.3. The van der Waals surface area contributed by atoms with Crippen LogP contribution in [0, 0.1) is 11.3 Å². The predicted octanol–water partition coefficient (Wildman–Crippen LogP) is 2.48. The molecule has 0 aromatic rings. The minimum absolute atomic E-state index is 0. The molecule has 165 valence electrons. The molecular weight excluding hydrogens is 586 g/mol. The minimum atomic E-state index is -1.56. The summed E-state index contributed by atoms with van der Waals surface area (Å²) < 4.78 is 31.1. The van der Waals surface area contributed by atoms with E-state index >= 15 is 0 Å². The molecule has 3 N–H and O–H groups in total. The minimum Gasteiger partial charge on any atom is -0.349 e. The molecular formula is C16H24FIrN4O6P. The van der Waals surface area contributed by atoms with Gasteiger partial charge in [-0.3, -0.25) is 10.2 Å². The van der Waals surface area contributed by atoms with Gasteiger partial charge < -0.3 is 19.1 Å². The van der Waals surface area contributed by atoms with Gasteiger partial charge in [-0.2, -0.15) is 5.26 Å². The Labute approximate surface area is 183 Å². The fraction of sp³-hybridized carbons (Fsp3) is 0.625. The van der Waals surface area contributed by atoms with Crippen molar-refractivity contribution in [2.45, 2.75) is 51.2 Å². The van der Waals surface area contributed by atoms with Crippen molar-refractivity contribution in [2.24, 2.45) is 0 Å². The number of ether oxygens (including phenoxy) is 1. The van der Waals surface area contributed by atoms with Gasteiger partial charge in [0.1, 0.15) is 18.9 Å². The maximum Gasteiger partial charge on any atom is 0.328 e. The standard InChI is InChI=1S/C16H24FN4O6P.Ir/c1-10(2)20-28(25-6-4-5-18)27-13-7-15(26-14(13)9-24-23)21-8-12(17)11(3)19-16(21)22;/h8,10,13-15,20,23H,3-4,6-7,9H2,1-2H3,(H,19,22);. The Morgan fingerprint density at radius 1 is 1.62 bits per heavy atom. The topological polar surface area (TPSA) is 125 Å². The van der Waals surface area contributed by atoms with Crippen molar-refractivity contribution in [1.29, 1.82) is 5.26 Å². The number of carbonyl (C=O) groups excluding carboxylic acids is 1. The summed E-state index contributed by atoms with van der Waals surface area (Å²) in [5.41, 5.74) is -0.127. The van der Waals surface area contributed by atoms with Crippen LogP contribution in [0.5, 0.6) is 0 Å². The van der Waals surface area contributed by atoms with Gasteiger partial charge in [0.05, 0.1) is 30.9 Å². The van der Waals surface area contributed by atoms with E-state index in [1.165, 1.54) is 0 Å². The number of rotatable bonds is 10. The van der Waals surface area contributed by atoms with Crippen LogP contribution in [-0.2, 0) is 38.8 Å². The first-order valence-corrected chi connectivity index (χ1v) is 9.84. The molecule has 0 aromatic heterocycles. The van der Waals surface area contributed by atoms with Gasteiger partial charge in [0.15, 0.2) is 5.83 Å². The summed E-state index contributed by atoms with van der Waals surface area (Å²) in [6.07, 6.45) is -0.758. The number of nitrogens with zero attached hydrogens (tertiary/aromatic N) is 2. The van der Waals surface area contributed by atoms with Gasteiger partial charge in [0.2, 0.25) is 0 Å². The molecule has 1 radical (unpaired) electrons. The molecule has 0 aromatic carbocycles. The van der Waals surface area contributed by atoms with Gasteiger partial charge in [-0.15, -0.1) is 0 Å². The van der Waals surface area contributed by atoms with Crippen LogP contribution in [0.15, 0.2) is 24.3 Å². The second-order valence-electron chi connectivity index (χ2n) is 6.38. The van der Waals surface area contributed by atoms with Crippen LogP contribution in [0.25, 0.3) is 0 Å². The Morgan fingerprint density at radius 3 is 2.97 bits per heavy atom. The van der Waals surface area contributed by atoms with Crippen LogP contribution in [0.3, 0.4) is 0 Å². The van der Waals surface area contributed by atoms with Crippen molar-refractivity contribution in [1.82, 2.24) is 15.3 Å². The number of hydrogen-bond acceptors (Lipinski definition) is 8. The van der Waals surface area contributed by atoms with E-state index in [1.54, 1.807) is 0 Å². The predicted molar refractivity (Wildman–Crippen MR) is 96.8 cm³/mol. The average Bonchev–Trinajstić information content (AvgIpc) is 3.00. The molecule has 1 fully saturated rings. The Hall–Kier alpha value is -0.991. The van der Waals surface area contributed by atoms with Crippen LogP contribution >= 0.6 is 8.53 Å². The molecule has 13 heteroatoms. The molecule has 0 saturated carbocycles. The van der Waals surface area contributed by atoms with Crippen molar-refractivity contribution < 1.29 is 53.2 Å². The fourth-order valence-electron chi connectivity index (χ4n) is 2.54. The second kappa shape index (κ2) is 12.6. The van der Waals surface area contributed by atoms with Crippen molar-refractivity contribution in [3.8, 4) is 6.07 Å². The number of nitriles is 1. The van der Waals surface area contributed by atoms with E-state index in [9.17, 15) is 9.18 Å². The monoisotopic (exact) mass is 611 g/mol. The van der Waals surface area contributed by atoms with Gasteiger partial charge in [-0.25, -0.2) is 19.2 Å². The molecule has 2 rings (SSSR count). The third-order valence-corrected chi connectivity index (χ3v) is 5.39. The first kappa shape index (κ1) is 26.0.